The molecule has 0 amide bonds. The highest BCUT2D eigenvalue weighted by Crippen LogP contribution is 2.29. The molecule has 0 saturated heterocycles. The van der Waals surface area contributed by atoms with Gasteiger partial charge in [0, 0.05) is 12.8 Å². The molecule has 18 heavy (non-hydrogen) atoms. The fourth-order valence-corrected chi connectivity index (χ4v) is 2.74. The lowest BCUT2D eigenvalue weighted by Gasteiger charge is -2.21. The molecular weight excluding hydrogens is 248 g/mol. The molecule has 1 saturated carbocycles. The minimum atomic E-state index is 0.413. The van der Waals surface area contributed by atoms with E-state index >= 15 is 0 Å². The summed E-state index contributed by atoms with van der Waals surface area (Å²) < 4.78 is 5.42. The van der Waals surface area contributed by atoms with E-state index in [2.05, 4.69) is 6.07 Å². The van der Waals surface area contributed by atoms with Gasteiger partial charge in [0.2, 0.25) is 0 Å². The molecule has 0 atom stereocenters. The second kappa shape index (κ2) is 6.24. The Morgan fingerprint density at radius 1 is 1.33 bits per heavy atom. The van der Waals surface area contributed by atoms with Crippen molar-refractivity contribution in [3.05, 3.63) is 28.8 Å². The van der Waals surface area contributed by atoms with E-state index in [0.717, 1.165) is 37.9 Å². The zero-order chi connectivity index (χ0) is 13.0. The predicted molar refractivity (Wildman–Crippen MR) is 73.3 cm³/mol. The van der Waals surface area contributed by atoms with Gasteiger partial charge in [-0.3, -0.25) is 4.79 Å². The molecule has 0 aromatic heterocycles. The first-order chi connectivity index (χ1) is 8.69. The first kappa shape index (κ1) is 13.4. The predicted octanol–water partition coefficient (Wildman–Crippen LogP) is 4.04. The second-order valence-corrected chi connectivity index (χ2v) is 5.29. The lowest BCUT2D eigenvalue weighted by Crippen LogP contribution is -2.15. The molecule has 1 aliphatic carbocycles. The summed E-state index contributed by atoms with van der Waals surface area (Å²) in [5.74, 6) is 1.79. The molecule has 1 fully saturated rings. The number of ether oxygens (including phenoxy) is 1. The van der Waals surface area contributed by atoms with Crippen molar-refractivity contribution in [3.8, 4) is 5.75 Å². The maximum atomic E-state index is 11.2. The number of carbonyl (C=O) groups is 1. The first-order valence-electron chi connectivity index (χ1n) is 6.62. The SMILES string of the molecule is CCOc1ccc(CC2CCC(=O)CC2)cc1Cl. The molecule has 1 aromatic carbocycles. The van der Waals surface area contributed by atoms with Crippen molar-refractivity contribution in [2.45, 2.75) is 39.0 Å². The van der Waals surface area contributed by atoms with E-state index < -0.39 is 0 Å². The maximum Gasteiger partial charge on any atom is 0.137 e. The minimum absolute atomic E-state index is 0.413. The Morgan fingerprint density at radius 2 is 2.06 bits per heavy atom. The Hall–Kier alpha value is -1.02. The molecule has 2 rings (SSSR count). The van der Waals surface area contributed by atoms with Gasteiger partial charge in [-0.1, -0.05) is 17.7 Å². The van der Waals surface area contributed by atoms with Gasteiger partial charge in [0.1, 0.15) is 11.5 Å². The van der Waals surface area contributed by atoms with Crippen LogP contribution in [0.15, 0.2) is 18.2 Å². The molecule has 1 aliphatic rings. The summed E-state index contributed by atoms with van der Waals surface area (Å²) >= 11 is 6.17. The molecular formula is C15H19ClO2. The number of halogens is 1. The van der Waals surface area contributed by atoms with E-state index in [1.54, 1.807) is 0 Å². The molecule has 0 spiro atoms. The van der Waals surface area contributed by atoms with Crippen LogP contribution in [-0.4, -0.2) is 12.4 Å². The van der Waals surface area contributed by atoms with Crippen molar-refractivity contribution in [1.29, 1.82) is 0 Å². The van der Waals surface area contributed by atoms with Gasteiger partial charge in [-0.2, -0.15) is 0 Å². The smallest absolute Gasteiger partial charge is 0.137 e. The van der Waals surface area contributed by atoms with Gasteiger partial charge in [0.25, 0.3) is 0 Å². The molecule has 1 aromatic rings. The molecule has 3 heteroatoms. The second-order valence-electron chi connectivity index (χ2n) is 4.88. The zero-order valence-corrected chi connectivity index (χ0v) is 11.5. The topological polar surface area (TPSA) is 26.3 Å². The van der Waals surface area contributed by atoms with E-state index in [-0.39, 0.29) is 0 Å². The standard InChI is InChI=1S/C15H19ClO2/c1-2-18-15-8-5-12(10-14(15)16)9-11-3-6-13(17)7-4-11/h5,8,10-11H,2-4,6-7,9H2,1H3. The Bertz CT molecular complexity index is 419. The highest BCUT2D eigenvalue weighted by atomic mass is 35.5. The number of Topliss-reactive ketones (excluding diaryl/α,β-unsaturated/α-hetero) is 1. The number of hydrogen-bond donors (Lipinski definition) is 0. The summed E-state index contributed by atoms with van der Waals surface area (Å²) in [7, 11) is 0. The number of hydrogen-bond acceptors (Lipinski definition) is 2. The monoisotopic (exact) mass is 266 g/mol. The van der Waals surface area contributed by atoms with E-state index in [9.17, 15) is 4.79 Å². The van der Waals surface area contributed by atoms with Gasteiger partial charge in [-0.15, -0.1) is 0 Å². The third kappa shape index (κ3) is 3.49. The van der Waals surface area contributed by atoms with E-state index in [0.29, 0.717) is 23.3 Å². The normalized spacial score (nSPS) is 16.9. The average Bonchev–Trinajstić information content (AvgIpc) is 2.36. The van der Waals surface area contributed by atoms with Crippen LogP contribution in [0.2, 0.25) is 5.02 Å². The van der Waals surface area contributed by atoms with Crippen LogP contribution in [-0.2, 0) is 11.2 Å². The van der Waals surface area contributed by atoms with Gasteiger partial charge in [-0.05, 0) is 49.8 Å². The molecule has 0 N–H and O–H groups in total. The van der Waals surface area contributed by atoms with Crippen molar-refractivity contribution in [1.82, 2.24) is 0 Å². The quantitative estimate of drug-likeness (QED) is 0.822. The summed E-state index contributed by atoms with van der Waals surface area (Å²) in [6.45, 7) is 2.58. The summed E-state index contributed by atoms with van der Waals surface area (Å²) in [5.41, 5.74) is 1.24. The van der Waals surface area contributed by atoms with E-state index in [1.165, 1.54) is 5.56 Å². The van der Waals surface area contributed by atoms with Gasteiger partial charge in [-0.25, -0.2) is 0 Å². The van der Waals surface area contributed by atoms with Crippen molar-refractivity contribution < 1.29 is 9.53 Å². The summed E-state index contributed by atoms with van der Waals surface area (Å²) in [6, 6.07) is 6.01. The van der Waals surface area contributed by atoms with Gasteiger partial charge in [0.05, 0.1) is 11.6 Å². The van der Waals surface area contributed by atoms with Crippen LogP contribution < -0.4 is 4.74 Å². The molecule has 98 valence electrons. The molecule has 0 radical (unpaired) electrons. The zero-order valence-electron chi connectivity index (χ0n) is 10.7. The van der Waals surface area contributed by atoms with Crippen LogP contribution >= 0.6 is 11.6 Å². The molecule has 0 aliphatic heterocycles. The summed E-state index contributed by atoms with van der Waals surface area (Å²) in [5, 5.41) is 0.682. The van der Waals surface area contributed by atoms with Crippen LogP contribution in [0.4, 0.5) is 0 Å². The Balaban J connectivity index is 1.97. The summed E-state index contributed by atoms with van der Waals surface area (Å²) in [6.07, 6.45) is 4.54. The van der Waals surface area contributed by atoms with Crippen LogP contribution in [0.3, 0.4) is 0 Å². The number of rotatable bonds is 4. The third-order valence-electron chi connectivity index (χ3n) is 3.48. The number of benzene rings is 1. The third-order valence-corrected chi connectivity index (χ3v) is 3.78. The summed E-state index contributed by atoms with van der Waals surface area (Å²) in [4.78, 5) is 11.2. The molecule has 0 unspecified atom stereocenters. The fraction of sp³-hybridized carbons (Fsp3) is 0.533. The number of carbonyl (C=O) groups excluding carboxylic acids is 1. The maximum absolute atomic E-state index is 11.2. The highest BCUT2D eigenvalue weighted by molar-refractivity contribution is 6.32. The Morgan fingerprint density at radius 3 is 2.67 bits per heavy atom. The van der Waals surface area contributed by atoms with Gasteiger partial charge < -0.3 is 4.74 Å². The van der Waals surface area contributed by atoms with Crippen LogP contribution in [0.1, 0.15) is 38.2 Å². The molecule has 2 nitrogen and oxygen atoms in total. The van der Waals surface area contributed by atoms with Crippen molar-refractivity contribution in [2.75, 3.05) is 6.61 Å². The largest absolute Gasteiger partial charge is 0.492 e. The van der Waals surface area contributed by atoms with Crippen molar-refractivity contribution in [3.63, 3.8) is 0 Å². The fourth-order valence-electron chi connectivity index (χ4n) is 2.48. The van der Waals surface area contributed by atoms with Crippen LogP contribution in [0, 0.1) is 5.92 Å². The number of ketones is 1. The van der Waals surface area contributed by atoms with E-state index in [1.807, 2.05) is 19.1 Å². The van der Waals surface area contributed by atoms with E-state index in [4.69, 9.17) is 16.3 Å². The lowest BCUT2D eigenvalue weighted by atomic mass is 9.84. The highest BCUT2D eigenvalue weighted by Gasteiger charge is 2.19. The van der Waals surface area contributed by atoms with Crippen molar-refractivity contribution >= 4 is 17.4 Å². The first-order valence-corrected chi connectivity index (χ1v) is 6.99. The molecule has 0 heterocycles. The van der Waals surface area contributed by atoms with Gasteiger partial charge in [0.15, 0.2) is 0 Å². The van der Waals surface area contributed by atoms with Crippen molar-refractivity contribution in [2.24, 2.45) is 5.92 Å². The van der Waals surface area contributed by atoms with Gasteiger partial charge >= 0.3 is 0 Å². The van der Waals surface area contributed by atoms with Crippen LogP contribution in [0.5, 0.6) is 5.75 Å². The average molecular weight is 267 g/mol. The van der Waals surface area contributed by atoms with Crippen LogP contribution in [0.25, 0.3) is 0 Å². The Kier molecular flexibility index (Phi) is 4.65. The Labute approximate surface area is 113 Å². The molecule has 0 bridgehead atoms. The minimum Gasteiger partial charge on any atom is -0.492 e. The lowest BCUT2D eigenvalue weighted by molar-refractivity contribution is -0.121.